The maximum Gasteiger partial charge on any atom is 0.341 e. The Balaban J connectivity index is 1.77. The molecule has 0 saturated carbocycles. The van der Waals surface area contributed by atoms with Crippen molar-refractivity contribution < 1.29 is 14.3 Å². The van der Waals surface area contributed by atoms with E-state index >= 15 is 0 Å². The normalized spacial score (nSPS) is 11.1. The molecule has 1 aromatic carbocycles. The third-order valence-electron chi connectivity index (χ3n) is 4.84. The molecule has 0 saturated heterocycles. The average molecular weight is 473 g/mol. The Labute approximate surface area is 196 Å². The van der Waals surface area contributed by atoms with Crippen LogP contribution >= 0.6 is 23.1 Å². The van der Waals surface area contributed by atoms with E-state index in [2.05, 4.69) is 40.9 Å². The van der Waals surface area contributed by atoms with Gasteiger partial charge in [0.2, 0.25) is 5.91 Å². The molecule has 9 heteroatoms. The molecule has 0 unspecified atom stereocenters. The van der Waals surface area contributed by atoms with Gasteiger partial charge in [-0.3, -0.25) is 4.79 Å². The lowest BCUT2D eigenvalue weighted by Crippen LogP contribution is -2.16. The van der Waals surface area contributed by atoms with Crippen LogP contribution in [0.25, 0.3) is 11.1 Å². The van der Waals surface area contributed by atoms with Gasteiger partial charge in [0.25, 0.3) is 0 Å². The number of amides is 1. The lowest BCUT2D eigenvalue weighted by atomic mass is 10.0. The van der Waals surface area contributed by atoms with Gasteiger partial charge in [0.15, 0.2) is 5.16 Å². The van der Waals surface area contributed by atoms with Gasteiger partial charge >= 0.3 is 5.97 Å². The SMILES string of the molecule is CCCn1c(SCC(=O)Nc2scc(-c3ccc(C)cc3)c2C(=O)OC)nnc1C(C)C. The lowest BCUT2D eigenvalue weighted by Gasteiger charge is -2.11. The van der Waals surface area contributed by atoms with E-state index in [4.69, 9.17) is 4.74 Å². The van der Waals surface area contributed by atoms with Crippen molar-refractivity contribution in [2.75, 3.05) is 18.2 Å². The van der Waals surface area contributed by atoms with E-state index in [0.29, 0.717) is 10.6 Å². The number of rotatable bonds is 9. The average Bonchev–Trinajstić information content (AvgIpc) is 3.37. The molecule has 0 radical (unpaired) electrons. The second-order valence-corrected chi connectivity index (χ2v) is 9.52. The fourth-order valence-electron chi connectivity index (χ4n) is 3.26. The Morgan fingerprint density at radius 2 is 1.94 bits per heavy atom. The summed E-state index contributed by atoms with van der Waals surface area (Å²) in [4.78, 5) is 25.2. The van der Waals surface area contributed by atoms with Crippen molar-refractivity contribution in [3.05, 3.63) is 46.6 Å². The molecular formula is C23H28N4O3S2. The minimum atomic E-state index is -0.478. The number of methoxy groups -OCH3 is 1. The summed E-state index contributed by atoms with van der Waals surface area (Å²) in [6.45, 7) is 9.07. The van der Waals surface area contributed by atoms with Crippen LogP contribution < -0.4 is 5.32 Å². The minimum Gasteiger partial charge on any atom is -0.465 e. The van der Waals surface area contributed by atoms with E-state index < -0.39 is 5.97 Å². The molecule has 0 bridgehead atoms. The molecule has 0 spiro atoms. The van der Waals surface area contributed by atoms with Crippen LogP contribution in [0.4, 0.5) is 5.00 Å². The number of aryl methyl sites for hydroxylation is 1. The molecule has 0 aliphatic heterocycles. The monoisotopic (exact) mass is 472 g/mol. The number of nitrogens with one attached hydrogen (secondary N) is 1. The van der Waals surface area contributed by atoms with Crippen molar-refractivity contribution in [3.63, 3.8) is 0 Å². The predicted octanol–water partition coefficient (Wildman–Crippen LogP) is 5.37. The van der Waals surface area contributed by atoms with Gasteiger partial charge in [-0.05, 0) is 18.9 Å². The van der Waals surface area contributed by atoms with Gasteiger partial charge in [-0.25, -0.2) is 4.79 Å². The van der Waals surface area contributed by atoms with Crippen LogP contribution in [-0.4, -0.2) is 39.5 Å². The number of ether oxygens (including phenoxy) is 1. The molecule has 3 aromatic rings. The van der Waals surface area contributed by atoms with Crippen LogP contribution in [0.2, 0.25) is 0 Å². The summed E-state index contributed by atoms with van der Waals surface area (Å²) in [7, 11) is 1.34. The van der Waals surface area contributed by atoms with Crippen LogP contribution in [0.3, 0.4) is 0 Å². The Hall–Kier alpha value is -2.65. The molecule has 7 nitrogen and oxygen atoms in total. The summed E-state index contributed by atoms with van der Waals surface area (Å²) in [6.07, 6.45) is 0.955. The zero-order valence-corrected chi connectivity index (χ0v) is 20.6. The zero-order valence-electron chi connectivity index (χ0n) is 19.0. The molecule has 0 aliphatic carbocycles. The van der Waals surface area contributed by atoms with Crippen molar-refractivity contribution in [1.29, 1.82) is 0 Å². The third-order valence-corrected chi connectivity index (χ3v) is 6.70. The second-order valence-electron chi connectivity index (χ2n) is 7.70. The van der Waals surface area contributed by atoms with Crippen LogP contribution in [0, 0.1) is 6.92 Å². The Morgan fingerprint density at radius 3 is 2.56 bits per heavy atom. The molecule has 1 amide bonds. The zero-order chi connectivity index (χ0) is 23.3. The van der Waals surface area contributed by atoms with E-state index in [1.165, 1.54) is 30.2 Å². The second kappa shape index (κ2) is 10.8. The van der Waals surface area contributed by atoms with E-state index in [0.717, 1.165) is 40.6 Å². The molecular weight excluding hydrogens is 444 g/mol. The minimum absolute atomic E-state index is 0.165. The van der Waals surface area contributed by atoms with Crippen LogP contribution in [0.15, 0.2) is 34.8 Å². The smallest absolute Gasteiger partial charge is 0.341 e. The fourth-order valence-corrected chi connectivity index (χ4v) is 5.01. The highest BCUT2D eigenvalue weighted by atomic mass is 32.2. The quantitative estimate of drug-likeness (QED) is 0.333. The number of thioether (sulfide) groups is 1. The summed E-state index contributed by atoms with van der Waals surface area (Å²) in [5, 5.41) is 14.5. The number of hydrogen-bond donors (Lipinski definition) is 1. The first-order chi connectivity index (χ1) is 15.3. The van der Waals surface area contributed by atoms with Gasteiger partial charge in [0.1, 0.15) is 16.4 Å². The number of hydrogen-bond acceptors (Lipinski definition) is 7. The van der Waals surface area contributed by atoms with E-state index in [9.17, 15) is 9.59 Å². The highest BCUT2D eigenvalue weighted by Crippen LogP contribution is 2.36. The van der Waals surface area contributed by atoms with Crippen LogP contribution in [-0.2, 0) is 16.1 Å². The van der Waals surface area contributed by atoms with Crippen LogP contribution in [0.5, 0.6) is 0 Å². The number of thiophene rings is 1. The Bertz CT molecular complexity index is 1090. The first-order valence-corrected chi connectivity index (χ1v) is 12.3. The van der Waals surface area contributed by atoms with E-state index in [1.807, 2.05) is 36.6 Å². The lowest BCUT2D eigenvalue weighted by molar-refractivity contribution is -0.113. The first kappa shape index (κ1) is 24.0. The van der Waals surface area contributed by atoms with Gasteiger partial charge in [-0.1, -0.05) is 62.4 Å². The molecule has 0 atom stereocenters. The highest BCUT2D eigenvalue weighted by molar-refractivity contribution is 7.99. The van der Waals surface area contributed by atoms with Gasteiger partial charge in [-0.2, -0.15) is 0 Å². The van der Waals surface area contributed by atoms with Crippen molar-refractivity contribution >= 4 is 40.0 Å². The van der Waals surface area contributed by atoms with Gasteiger partial charge in [0.05, 0.1) is 12.9 Å². The highest BCUT2D eigenvalue weighted by Gasteiger charge is 2.23. The maximum atomic E-state index is 12.7. The summed E-state index contributed by atoms with van der Waals surface area (Å²) in [6, 6.07) is 7.89. The van der Waals surface area contributed by atoms with Gasteiger partial charge < -0.3 is 14.6 Å². The number of benzene rings is 1. The topological polar surface area (TPSA) is 86.1 Å². The number of carbonyl (C=O) groups excluding carboxylic acids is 2. The van der Waals surface area contributed by atoms with Crippen molar-refractivity contribution in [2.45, 2.75) is 51.7 Å². The summed E-state index contributed by atoms with van der Waals surface area (Å²) in [5.74, 6) is 0.650. The number of nitrogens with zero attached hydrogens (tertiary/aromatic N) is 3. The molecule has 0 aliphatic rings. The molecule has 2 heterocycles. The third kappa shape index (κ3) is 5.39. The van der Waals surface area contributed by atoms with E-state index in [1.54, 1.807) is 0 Å². The van der Waals surface area contributed by atoms with Gasteiger partial charge in [-0.15, -0.1) is 21.5 Å². The molecule has 170 valence electrons. The first-order valence-electron chi connectivity index (χ1n) is 10.5. The molecule has 3 rings (SSSR count). The predicted molar refractivity (Wildman–Crippen MR) is 130 cm³/mol. The van der Waals surface area contributed by atoms with Crippen molar-refractivity contribution in [1.82, 2.24) is 14.8 Å². The molecule has 0 fully saturated rings. The molecule has 1 N–H and O–H groups in total. The number of anilines is 1. The molecule has 2 aromatic heterocycles. The summed E-state index contributed by atoms with van der Waals surface area (Å²) < 4.78 is 7.06. The Kier molecular flexibility index (Phi) is 8.09. The van der Waals surface area contributed by atoms with Gasteiger partial charge in [0, 0.05) is 23.4 Å². The number of aromatic nitrogens is 3. The van der Waals surface area contributed by atoms with Crippen molar-refractivity contribution in [3.8, 4) is 11.1 Å². The summed E-state index contributed by atoms with van der Waals surface area (Å²) >= 11 is 2.66. The fraction of sp³-hybridized carbons (Fsp3) is 0.391. The summed E-state index contributed by atoms with van der Waals surface area (Å²) in [5.41, 5.74) is 3.15. The number of esters is 1. The molecule has 32 heavy (non-hydrogen) atoms. The Morgan fingerprint density at radius 1 is 1.22 bits per heavy atom. The maximum absolute atomic E-state index is 12.7. The van der Waals surface area contributed by atoms with Crippen molar-refractivity contribution in [2.24, 2.45) is 0 Å². The standard InChI is InChI=1S/C23H28N4O3S2/c1-6-11-27-20(14(2)3)25-26-23(27)32-13-18(28)24-21-19(22(29)30-5)17(12-31-21)16-9-7-15(4)8-10-16/h7-10,12,14H,6,11,13H2,1-5H3,(H,24,28). The largest absolute Gasteiger partial charge is 0.465 e. The van der Waals surface area contributed by atoms with E-state index in [-0.39, 0.29) is 17.6 Å². The van der Waals surface area contributed by atoms with Crippen LogP contribution in [0.1, 0.15) is 54.9 Å². The number of carbonyl (C=O) groups is 2.